The zero-order chi connectivity index (χ0) is 15.5. The maximum absolute atomic E-state index is 11.6. The smallest absolute Gasteiger partial charge is 0.306 e. The Morgan fingerprint density at radius 1 is 1.00 bits per heavy atom. The molecule has 0 aliphatic carbocycles. The topological polar surface area (TPSA) is 55.4 Å². The predicted molar refractivity (Wildman–Crippen MR) is 90.9 cm³/mol. The van der Waals surface area contributed by atoms with Crippen LogP contribution in [0.15, 0.2) is 24.3 Å². The van der Waals surface area contributed by atoms with Crippen molar-refractivity contribution >= 4 is 49.4 Å². The number of hydrogen-bond acceptors (Lipinski definition) is 3. The summed E-state index contributed by atoms with van der Waals surface area (Å²) in [5.41, 5.74) is 1.66. The molecule has 0 heterocycles. The fourth-order valence-electron chi connectivity index (χ4n) is 1.58. The molecule has 0 aliphatic rings. The number of hydrogen-bond donors (Lipinski definition) is 1. The summed E-state index contributed by atoms with van der Waals surface area (Å²) < 4.78 is 5.15. The third-order valence-corrected chi connectivity index (χ3v) is 3.81. The van der Waals surface area contributed by atoms with E-state index < -0.39 is 0 Å². The van der Waals surface area contributed by atoms with Crippen LogP contribution in [-0.2, 0) is 20.9 Å². The van der Waals surface area contributed by atoms with Crippen molar-refractivity contribution in [2.24, 2.45) is 0 Å². The SMILES string of the molecule is O=C(CCCBr)Nc1ccc(COC(=O)CCCBr)cc1. The maximum atomic E-state index is 11.6. The molecule has 1 rings (SSSR count). The number of carbonyl (C=O) groups is 2. The Morgan fingerprint density at radius 2 is 1.62 bits per heavy atom. The summed E-state index contributed by atoms with van der Waals surface area (Å²) in [6, 6.07) is 7.32. The molecular formula is C15H19Br2NO3. The minimum atomic E-state index is -0.193. The van der Waals surface area contributed by atoms with Gasteiger partial charge in [-0.15, -0.1) is 0 Å². The van der Waals surface area contributed by atoms with Crippen molar-refractivity contribution in [3.63, 3.8) is 0 Å². The lowest BCUT2D eigenvalue weighted by Gasteiger charge is -2.07. The summed E-state index contributed by atoms with van der Waals surface area (Å²) in [6.45, 7) is 0.263. The second kappa shape index (κ2) is 10.8. The molecule has 116 valence electrons. The minimum absolute atomic E-state index is 0.00315. The van der Waals surface area contributed by atoms with Crippen molar-refractivity contribution < 1.29 is 14.3 Å². The van der Waals surface area contributed by atoms with Crippen LogP contribution in [0.2, 0.25) is 0 Å². The van der Waals surface area contributed by atoms with E-state index in [-0.39, 0.29) is 18.5 Å². The van der Waals surface area contributed by atoms with Gasteiger partial charge in [-0.1, -0.05) is 44.0 Å². The van der Waals surface area contributed by atoms with Gasteiger partial charge in [0.15, 0.2) is 0 Å². The number of carbonyl (C=O) groups excluding carboxylic acids is 2. The average molecular weight is 421 g/mol. The summed E-state index contributed by atoms with van der Waals surface area (Å²) in [5, 5.41) is 4.44. The summed E-state index contributed by atoms with van der Waals surface area (Å²) in [4.78, 5) is 23.0. The normalized spacial score (nSPS) is 10.2. The van der Waals surface area contributed by atoms with Gasteiger partial charge in [-0.3, -0.25) is 9.59 Å². The lowest BCUT2D eigenvalue weighted by molar-refractivity contribution is -0.144. The van der Waals surface area contributed by atoms with Crippen LogP contribution in [0.25, 0.3) is 0 Å². The van der Waals surface area contributed by atoms with Crippen LogP contribution < -0.4 is 5.32 Å². The molecule has 0 bridgehead atoms. The van der Waals surface area contributed by atoms with E-state index >= 15 is 0 Å². The molecule has 0 saturated heterocycles. The van der Waals surface area contributed by atoms with Crippen molar-refractivity contribution in [2.45, 2.75) is 32.3 Å². The van der Waals surface area contributed by atoms with E-state index in [9.17, 15) is 9.59 Å². The molecule has 0 saturated carbocycles. The lowest BCUT2D eigenvalue weighted by atomic mass is 10.2. The number of anilines is 1. The first kappa shape index (κ1) is 18.2. The Bertz CT molecular complexity index is 449. The van der Waals surface area contributed by atoms with E-state index in [1.165, 1.54) is 0 Å². The van der Waals surface area contributed by atoms with Gasteiger partial charge in [0.1, 0.15) is 6.61 Å². The molecule has 0 fully saturated rings. The van der Waals surface area contributed by atoms with Crippen molar-refractivity contribution in [1.82, 2.24) is 0 Å². The molecule has 1 aromatic rings. The molecule has 0 spiro atoms. The number of nitrogens with one attached hydrogen (secondary N) is 1. The Morgan fingerprint density at radius 3 is 2.24 bits per heavy atom. The van der Waals surface area contributed by atoms with Crippen LogP contribution in [-0.4, -0.2) is 22.5 Å². The fourth-order valence-corrected chi connectivity index (χ4v) is 2.14. The molecular weight excluding hydrogens is 402 g/mol. The minimum Gasteiger partial charge on any atom is -0.461 e. The van der Waals surface area contributed by atoms with Gasteiger partial charge in [0.25, 0.3) is 0 Å². The Balaban J connectivity index is 2.36. The van der Waals surface area contributed by atoms with Crippen LogP contribution in [0.4, 0.5) is 5.69 Å². The lowest BCUT2D eigenvalue weighted by Crippen LogP contribution is -2.11. The zero-order valence-electron chi connectivity index (χ0n) is 11.7. The molecule has 4 nitrogen and oxygen atoms in total. The van der Waals surface area contributed by atoms with E-state index in [1.54, 1.807) is 0 Å². The van der Waals surface area contributed by atoms with Crippen LogP contribution in [0.5, 0.6) is 0 Å². The molecule has 0 aromatic heterocycles. The number of amides is 1. The Hall–Kier alpha value is -0.880. The number of halogens is 2. The van der Waals surface area contributed by atoms with Crippen molar-refractivity contribution in [3.8, 4) is 0 Å². The largest absolute Gasteiger partial charge is 0.461 e. The highest BCUT2D eigenvalue weighted by Crippen LogP contribution is 2.12. The number of alkyl halides is 2. The fraction of sp³-hybridized carbons (Fsp3) is 0.467. The highest BCUT2D eigenvalue weighted by Gasteiger charge is 2.04. The number of esters is 1. The molecule has 1 amide bonds. The van der Waals surface area contributed by atoms with Gasteiger partial charge in [-0.05, 0) is 30.5 Å². The number of benzene rings is 1. The first-order chi connectivity index (χ1) is 10.2. The van der Waals surface area contributed by atoms with Crippen LogP contribution in [0.1, 0.15) is 31.2 Å². The van der Waals surface area contributed by atoms with Crippen LogP contribution in [0.3, 0.4) is 0 Å². The standard InChI is InChI=1S/C15H19Br2NO3/c16-9-1-3-14(19)18-13-7-5-12(6-8-13)11-21-15(20)4-2-10-17/h5-8H,1-4,9-11H2,(H,18,19). The van der Waals surface area contributed by atoms with Gasteiger partial charge in [0.05, 0.1) is 0 Å². The van der Waals surface area contributed by atoms with E-state index in [2.05, 4.69) is 37.2 Å². The first-order valence-electron chi connectivity index (χ1n) is 6.82. The van der Waals surface area contributed by atoms with Gasteiger partial charge in [0, 0.05) is 29.2 Å². The molecule has 6 heteroatoms. The highest BCUT2D eigenvalue weighted by atomic mass is 79.9. The highest BCUT2D eigenvalue weighted by molar-refractivity contribution is 9.09. The van der Waals surface area contributed by atoms with E-state index in [0.29, 0.717) is 12.8 Å². The van der Waals surface area contributed by atoms with Gasteiger partial charge in [0.2, 0.25) is 5.91 Å². The maximum Gasteiger partial charge on any atom is 0.306 e. The summed E-state index contributed by atoms with van der Waals surface area (Å²) >= 11 is 6.57. The second-order valence-electron chi connectivity index (χ2n) is 4.49. The zero-order valence-corrected chi connectivity index (χ0v) is 14.9. The van der Waals surface area contributed by atoms with Crippen LogP contribution >= 0.6 is 31.9 Å². The quantitative estimate of drug-likeness (QED) is 0.484. The average Bonchev–Trinajstić information content (AvgIpc) is 2.50. The number of rotatable bonds is 9. The summed E-state index contributed by atoms with van der Waals surface area (Å²) in [5.74, 6) is -0.190. The van der Waals surface area contributed by atoms with E-state index in [4.69, 9.17) is 4.74 Å². The third-order valence-electron chi connectivity index (χ3n) is 2.69. The molecule has 1 N–H and O–H groups in total. The second-order valence-corrected chi connectivity index (χ2v) is 6.08. The van der Waals surface area contributed by atoms with Gasteiger partial charge < -0.3 is 10.1 Å². The van der Waals surface area contributed by atoms with Crippen molar-refractivity contribution in [2.75, 3.05) is 16.0 Å². The van der Waals surface area contributed by atoms with E-state index in [0.717, 1.165) is 34.8 Å². The molecule has 0 unspecified atom stereocenters. The van der Waals surface area contributed by atoms with Crippen molar-refractivity contribution in [1.29, 1.82) is 0 Å². The van der Waals surface area contributed by atoms with Gasteiger partial charge in [-0.25, -0.2) is 0 Å². The molecule has 0 aliphatic heterocycles. The van der Waals surface area contributed by atoms with Crippen LogP contribution in [0, 0.1) is 0 Å². The van der Waals surface area contributed by atoms with Crippen molar-refractivity contribution in [3.05, 3.63) is 29.8 Å². The monoisotopic (exact) mass is 419 g/mol. The van der Waals surface area contributed by atoms with E-state index in [1.807, 2.05) is 24.3 Å². The molecule has 1 aromatic carbocycles. The summed E-state index contributed by atoms with van der Waals surface area (Å²) in [7, 11) is 0. The van der Waals surface area contributed by atoms with Gasteiger partial charge >= 0.3 is 5.97 Å². The Labute approximate surface area is 141 Å². The number of ether oxygens (including phenoxy) is 1. The first-order valence-corrected chi connectivity index (χ1v) is 9.06. The molecule has 0 atom stereocenters. The Kier molecular flexibility index (Phi) is 9.34. The van der Waals surface area contributed by atoms with Gasteiger partial charge in [-0.2, -0.15) is 0 Å². The predicted octanol–water partition coefficient (Wildman–Crippen LogP) is 4.02. The summed E-state index contributed by atoms with van der Waals surface area (Å²) in [6.07, 6.45) is 2.51. The third kappa shape index (κ3) is 8.21. The molecule has 0 radical (unpaired) electrons. The molecule has 21 heavy (non-hydrogen) atoms.